The Morgan fingerprint density at radius 3 is 2.89 bits per heavy atom. The summed E-state index contributed by atoms with van der Waals surface area (Å²) in [5.74, 6) is 0.814. The van der Waals surface area contributed by atoms with Gasteiger partial charge < -0.3 is 18.9 Å². The van der Waals surface area contributed by atoms with E-state index in [2.05, 4.69) is 4.98 Å². The lowest BCUT2D eigenvalue weighted by Gasteiger charge is -2.11. The standard InChI is InChI=1S/C19H16ClNO5S/c1-3-25-15-8-11(7-12(20)18(15)24-2)9-16-19(23)21-17(27-16)10-13(22)14-5-4-6-26-14/h4-10H,3H2,1-2H3,(H,21,23). The van der Waals surface area contributed by atoms with E-state index in [0.717, 1.165) is 11.3 Å². The average Bonchev–Trinajstić information content (AvgIpc) is 3.26. The van der Waals surface area contributed by atoms with Crippen LogP contribution in [0.25, 0.3) is 12.2 Å². The molecule has 27 heavy (non-hydrogen) atoms. The topological polar surface area (TPSA) is 81.5 Å². The molecule has 0 fully saturated rings. The first-order valence-electron chi connectivity index (χ1n) is 8.02. The molecule has 140 valence electrons. The highest BCUT2D eigenvalue weighted by Crippen LogP contribution is 2.36. The zero-order valence-electron chi connectivity index (χ0n) is 14.6. The molecule has 1 aromatic carbocycles. The van der Waals surface area contributed by atoms with Crippen LogP contribution in [0.15, 0.2) is 39.7 Å². The lowest BCUT2D eigenvalue weighted by Crippen LogP contribution is -2.20. The number of nitrogens with one attached hydrogen (secondary N) is 1. The van der Waals surface area contributed by atoms with Crippen molar-refractivity contribution in [2.24, 2.45) is 0 Å². The molecule has 8 heteroatoms. The number of Topliss-reactive ketones (excluding diaryl/α,β-unsaturated/α-hetero) is 1. The van der Waals surface area contributed by atoms with Crippen LogP contribution in [-0.2, 0) is 0 Å². The molecule has 0 saturated heterocycles. The molecule has 0 spiro atoms. The van der Waals surface area contributed by atoms with Crippen LogP contribution in [-0.4, -0.2) is 24.5 Å². The van der Waals surface area contributed by atoms with Gasteiger partial charge in [0.2, 0.25) is 5.78 Å². The summed E-state index contributed by atoms with van der Waals surface area (Å²) in [6.45, 7) is 2.30. The maximum Gasteiger partial charge on any atom is 0.266 e. The third-order valence-electron chi connectivity index (χ3n) is 3.54. The van der Waals surface area contributed by atoms with Gasteiger partial charge in [-0.15, -0.1) is 11.3 Å². The molecule has 3 aromatic rings. The molecule has 0 atom stereocenters. The Labute approximate surface area is 163 Å². The van der Waals surface area contributed by atoms with Crippen molar-refractivity contribution in [2.75, 3.05) is 13.7 Å². The number of H-pyrrole nitrogens is 1. The molecule has 0 saturated carbocycles. The second-order valence-electron chi connectivity index (χ2n) is 5.38. The second-order valence-corrected chi connectivity index (χ2v) is 6.87. The fourth-order valence-electron chi connectivity index (χ4n) is 2.42. The quantitative estimate of drug-likeness (QED) is 0.637. The predicted molar refractivity (Wildman–Crippen MR) is 104 cm³/mol. The molecule has 0 radical (unpaired) electrons. The van der Waals surface area contributed by atoms with E-state index in [1.165, 1.54) is 19.4 Å². The molecule has 0 unspecified atom stereocenters. The summed E-state index contributed by atoms with van der Waals surface area (Å²) in [7, 11) is 1.51. The number of carbonyl (C=O) groups excluding carboxylic acids is 1. The minimum atomic E-state index is -0.324. The third kappa shape index (κ3) is 4.32. The number of thiazole rings is 1. The van der Waals surface area contributed by atoms with Gasteiger partial charge in [0.15, 0.2) is 17.3 Å². The van der Waals surface area contributed by atoms with E-state index in [4.69, 9.17) is 25.5 Å². The number of carbonyl (C=O) groups is 1. The smallest absolute Gasteiger partial charge is 0.266 e. The SMILES string of the molecule is CCOc1cc(C=c2sc(=CC(=O)c3ccco3)[nH]c2=O)cc(Cl)c1OC. The third-order valence-corrected chi connectivity index (χ3v) is 4.78. The molecule has 0 amide bonds. The van der Waals surface area contributed by atoms with Gasteiger partial charge in [-0.3, -0.25) is 9.59 Å². The Kier molecular flexibility index (Phi) is 5.83. The molecule has 6 nitrogen and oxygen atoms in total. The van der Waals surface area contributed by atoms with Gasteiger partial charge in [-0.25, -0.2) is 0 Å². The van der Waals surface area contributed by atoms with Crippen molar-refractivity contribution in [2.45, 2.75) is 6.92 Å². The first-order chi connectivity index (χ1) is 13.0. The lowest BCUT2D eigenvalue weighted by molar-refractivity contribution is 0.103. The van der Waals surface area contributed by atoms with Gasteiger partial charge in [0.1, 0.15) is 0 Å². The van der Waals surface area contributed by atoms with Crippen molar-refractivity contribution in [1.82, 2.24) is 4.98 Å². The van der Waals surface area contributed by atoms with Crippen LogP contribution in [0.5, 0.6) is 11.5 Å². The Hall–Kier alpha value is -2.77. The maximum absolute atomic E-state index is 12.2. The van der Waals surface area contributed by atoms with Gasteiger partial charge in [-0.2, -0.15) is 0 Å². The molecule has 0 aliphatic heterocycles. The molecule has 2 heterocycles. The average molecular weight is 406 g/mol. The van der Waals surface area contributed by atoms with E-state index in [-0.39, 0.29) is 17.1 Å². The molecule has 0 bridgehead atoms. The van der Waals surface area contributed by atoms with Gasteiger partial charge >= 0.3 is 0 Å². The van der Waals surface area contributed by atoms with E-state index < -0.39 is 0 Å². The second kappa shape index (κ2) is 8.28. The number of benzene rings is 1. The molecule has 0 aliphatic carbocycles. The number of furan rings is 1. The number of halogens is 1. The minimum absolute atomic E-state index is 0.207. The monoisotopic (exact) mass is 405 g/mol. The van der Waals surface area contributed by atoms with Crippen LogP contribution in [0.2, 0.25) is 5.02 Å². The summed E-state index contributed by atoms with van der Waals surface area (Å²) in [5, 5.41) is 0.377. The molecular formula is C19H16ClNO5S. The van der Waals surface area contributed by atoms with Gasteiger partial charge in [0.25, 0.3) is 5.56 Å². The van der Waals surface area contributed by atoms with Crippen molar-refractivity contribution in [3.8, 4) is 11.5 Å². The van der Waals surface area contributed by atoms with Crippen molar-refractivity contribution in [1.29, 1.82) is 0 Å². The number of ether oxygens (including phenoxy) is 2. The molecule has 3 rings (SSSR count). The van der Waals surface area contributed by atoms with Crippen LogP contribution in [0.1, 0.15) is 23.0 Å². The number of aromatic amines is 1. The zero-order chi connectivity index (χ0) is 19.4. The van der Waals surface area contributed by atoms with Crippen LogP contribution >= 0.6 is 22.9 Å². The largest absolute Gasteiger partial charge is 0.491 e. The highest BCUT2D eigenvalue weighted by molar-refractivity contribution is 7.07. The van der Waals surface area contributed by atoms with Crippen LogP contribution in [0, 0.1) is 0 Å². The lowest BCUT2D eigenvalue weighted by atomic mass is 10.2. The van der Waals surface area contributed by atoms with E-state index in [9.17, 15) is 9.59 Å². The normalized spacial score (nSPS) is 12.4. The summed E-state index contributed by atoms with van der Waals surface area (Å²) in [4.78, 5) is 26.9. The van der Waals surface area contributed by atoms with Crippen LogP contribution in [0.4, 0.5) is 0 Å². The maximum atomic E-state index is 12.2. The minimum Gasteiger partial charge on any atom is -0.491 e. The number of hydrogen-bond acceptors (Lipinski definition) is 6. The highest BCUT2D eigenvalue weighted by Gasteiger charge is 2.11. The zero-order valence-corrected chi connectivity index (χ0v) is 16.1. The Morgan fingerprint density at radius 2 is 2.22 bits per heavy atom. The van der Waals surface area contributed by atoms with E-state index in [1.807, 2.05) is 6.92 Å². The highest BCUT2D eigenvalue weighted by atomic mass is 35.5. The first kappa shape index (κ1) is 19.0. The molecule has 2 aromatic heterocycles. The summed E-state index contributed by atoms with van der Waals surface area (Å²) in [6, 6.07) is 6.61. The fourth-order valence-corrected chi connectivity index (χ4v) is 3.60. The van der Waals surface area contributed by atoms with E-state index in [1.54, 1.807) is 30.3 Å². The number of aromatic nitrogens is 1. The molecule has 1 N–H and O–H groups in total. The van der Waals surface area contributed by atoms with Crippen molar-refractivity contribution < 1.29 is 18.7 Å². The Balaban J connectivity index is 2.02. The number of methoxy groups -OCH3 is 1. The summed E-state index contributed by atoms with van der Waals surface area (Å²) in [6.07, 6.45) is 4.42. The van der Waals surface area contributed by atoms with Gasteiger partial charge in [0.05, 0.1) is 34.2 Å². The summed E-state index contributed by atoms with van der Waals surface area (Å²) in [5.41, 5.74) is 0.379. The Bertz CT molecular complexity index is 1130. The van der Waals surface area contributed by atoms with E-state index in [0.29, 0.717) is 37.9 Å². The van der Waals surface area contributed by atoms with Crippen LogP contribution in [0.3, 0.4) is 0 Å². The number of ketones is 1. The van der Waals surface area contributed by atoms with Crippen molar-refractivity contribution in [3.05, 3.63) is 66.4 Å². The summed E-state index contributed by atoms with van der Waals surface area (Å²) >= 11 is 7.40. The van der Waals surface area contributed by atoms with Crippen molar-refractivity contribution >= 4 is 40.9 Å². The summed E-state index contributed by atoms with van der Waals surface area (Å²) < 4.78 is 16.7. The van der Waals surface area contributed by atoms with E-state index >= 15 is 0 Å². The Morgan fingerprint density at radius 1 is 1.41 bits per heavy atom. The number of rotatable bonds is 6. The molecular weight excluding hydrogens is 390 g/mol. The van der Waals surface area contributed by atoms with Gasteiger partial charge in [-0.1, -0.05) is 11.6 Å². The van der Waals surface area contributed by atoms with Gasteiger partial charge in [0, 0.05) is 6.08 Å². The first-order valence-corrected chi connectivity index (χ1v) is 9.22. The van der Waals surface area contributed by atoms with Crippen LogP contribution < -0.4 is 24.2 Å². The molecule has 0 aliphatic rings. The van der Waals surface area contributed by atoms with Gasteiger partial charge in [-0.05, 0) is 42.8 Å². The predicted octanol–water partition coefficient (Wildman–Crippen LogP) is 2.58. The number of hydrogen-bond donors (Lipinski definition) is 1. The fraction of sp³-hybridized carbons (Fsp3) is 0.158. The van der Waals surface area contributed by atoms with Crippen molar-refractivity contribution in [3.63, 3.8) is 0 Å².